The van der Waals surface area contributed by atoms with Crippen LogP contribution >= 0.6 is 0 Å². The first-order valence-electron chi connectivity index (χ1n) is 6.78. The first-order valence-corrected chi connectivity index (χ1v) is 8.26. The van der Waals surface area contributed by atoms with Gasteiger partial charge in [-0.3, -0.25) is 0 Å². The number of ether oxygens (including phenoxy) is 2. The zero-order valence-electron chi connectivity index (χ0n) is 12.5. The second kappa shape index (κ2) is 9.11. The zero-order valence-corrected chi connectivity index (χ0v) is 13.3. The van der Waals surface area contributed by atoms with Crippen LogP contribution in [0.5, 0.6) is 0 Å². The summed E-state index contributed by atoms with van der Waals surface area (Å²) in [6.45, 7) is 3.35. The number of hydrogen-bond donors (Lipinski definition) is 2. The third-order valence-corrected chi connectivity index (χ3v) is 4.52. The normalized spacial score (nSPS) is 11.8. The van der Waals surface area contributed by atoms with Crippen LogP contribution in [-0.4, -0.2) is 47.0 Å². The molecule has 1 aromatic rings. The van der Waals surface area contributed by atoms with Gasteiger partial charge in [0.25, 0.3) is 0 Å². The molecule has 120 valence electrons. The van der Waals surface area contributed by atoms with Gasteiger partial charge in [-0.15, -0.1) is 0 Å². The van der Waals surface area contributed by atoms with Crippen molar-refractivity contribution in [1.29, 1.82) is 0 Å². The summed E-state index contributed by atoms with van der Waals surface area (Å²) in [6.07, 6.45) is 0.585. The fourth-order valence-electron chi connectivity index (χ4n) is 1.74. The Kier molecular flexibility index (Phi) is 7.84. The first-order chi connectivity index (χ1) is 10.0. The van der Waals surface area contributed by atoms with E-state index in [2.05, 4.69) is 4.72 Å². The third-order valence-electron chi connectivity index (χ3n) is 2.91. The van der Waals surface area contributed by atoms with Crippen molar-refractivity contribution in [3.8, 4) is 0 Å². The van der Waals surface area contributed by atoms with Gasteiger partial charge in [0, 0.05) is 20.3 Å². The number of methoxy groups -OCH3 is 1. The van der Waals surface area contributed by atoms with Gasteiger partial charge in [-0.05, 0) is 30.5 Å². The van der Waals surface area contributed by atoms with Gasteiger partial charge in [-0.2, -0.15) is 0 Å². The third kappa shape index (κ3) is 6.11. The Morgan fingerprint density at radius 2 is 2.00 bits per heavy atom. The minimum Gasteiger partial charge on any atom is -0.392 e. The molecule has 0 saturated carbocycles. The van der Waals surface area contributed by atoms with E-state index in [-0.39, 0.29) is 11.5 Å². The van der Waals surface area contributed by atoms with Gasteiger partial charge in [0.2, 0.25) is 10.0 Å². The SMILES string of the molecule is COCCOCCCNS(=O)(=O)c1cc(CO)ccc1C. The number of hydrogen-bond acceptors (Lipinski definition) is 5. The van der Waals surface area contributed by atoms with Crippen LogP contribution in [0, 0.1) is 6.92 Å². The molecule has 0 amide bonds. The van der Waals surface area contributed by atoms with E-state index in [1.54, 1.807) is 26.2 Å². The van der Waals surface area contributed by atoms with Crippen molar-refractivity contribution >= 4 is 10.0 Å². The molecule has 6 nitrogen and oxygen atoms in total. The number of sulfonamides is 1. The molecule has 0 spiro atoms. The molecule has 0 aliphatic rings. The van der Waals surface area contributed by atoms with Crippen molar-refractivity contribution in [3.63, 3.8) is 0 Å². The number of aliphatic hydroxyl groups is 1. The molecule has 0 aliphatic carbocycles. The summed E-state index contributed by atoms with van der Waals surface area (Å²) in [7, 11) is -1.96. The Labute approximate surface area is 126 Å². The van der Waals surface area contributed by atoms with Crippen LogP contribution in [0.2, 0.25) is 0 Å². The van der Waals surface area contributed by atoms with Crippen LogP contribution in [-0.2, 0) is 26.1 Å². The number of aryl methyl sites for hydroxylation is 1. The topological polar surface area (TPSA) is 84.9 Å². The van der Waals surface area contributed by atoms with Crippen LogP contribution in [0.1, 0.15) is 17.5 Å². The Morgan fingerprint density at radius 1 is 1.24 bits per heavy atom. The van der Waals surface area contributed by atoms with E-state index in [1.807, 2.05) is 0 Å². The molecule has 0 heterocycles. The summed E-state index contributed by atoms with van der Waals surface area (Å²) in [5.74, 6) is 0. The van der Waals surface area contributed by atoms with Crippen LogP contribution in [0.4, 0.5) is 0 Å². The van der Waals surface area contributed by atoms with Gasteiger partial charge in [0.15, 0.2) is 0 Å². The highest BCUT2D eigenvalue weighted by molar-refractivity contribution is 7.89. The molecular weight excluding hydrogens is 294 g/mol. The van der Waals surface area contributed by atoms with Gasteiger partial charge >= 0.3 is 0 Å². The number of benzene rings is 1. The molecule has 0 aromatic heterocycles. The molecular formula is C14H23NO5S. The fraction of sp³-hybridized carbons (Fsp3) is 0.571. The van der Waals surface area contributed by atoms with Crippen molar-refractivity contribution < 1.29 is 23.0 Å². The largest absolute Gasteiger partial charge is 0.392 e. The van der Waals surface area contributed by atoms with Crippen molar-refractivity contribution in [2.45, 2.75) is 24.8 Å². The van der Waals surface area contributed by atoms with Crippen molar-refractivity contribution in [3.05, 3.63) is 29.3 Å². The Hall–Kier alpha value is -0.990. The summed E-state index contributed by atoms with van der Waals surface area (Å²) in [5.41, 5.74) is 1.22. The highest BCUT2D eigenvalue weighted by atomic mass is 32.2. The number of rotatable bonds is 10. The molecule has 0 aliphatic heterocycles. The summed E-state index contributed by atoms with van der Waals surface area (Å²) in [5, 5.41) is 9.09. The molecule has 0 bridgehead atoms. The second-order valence-electron chi connectivity index (χ2n) is 4.61. The maximum absolute atomic E-state index is 12.2. The van der Waals surface area contributed by atoms with E-state index >= 15 is 0 Å². The van der Waals surface area contributed by atoms with E-state index in [9.17, 15) is 8.42 Å². The van der Waals surface area contributed by atoms with E-state index in [1.165, 1.54) is 6.07 Å². The summed E-state index contributed by atoms with van der Waals surface area (Å²) in [6, 6.07) is 4.89. The predicted octanol–water partition coefficient (Wildman–Crippen LogP) is 0.819. The molecule has 0 fully saturated rings. The van der Waals surface area contributed by atoms with Gasteiger partial charge < -0.3 is 14.6 Å². The molecule has 2 N–H and O–H groups in total. The molecule has 1 aromatic carbocycles. The predicted molar refractivity (Wildman–Crippen MR) is 79.6 cm³/mol. The van der Waals surface area contributed by atoms with Crippen LogP contribution < -0.4 is 4.72 Å². The lowest BCUT2D eigenvalue weighted by Gasteiger charge is -2.10. The van der Waals surface area contributed by atoms with Crippen LogP contribution in [0.3, 0.4) is 0 Å². The smallest absolute Gasteiger partial charge is 0.240 e. The second-order valence-corrected chi connectivity index (χ2v) is 6.35. The number of nitrogens with one attached hydrogen (secondary N) is 1. The Balaban J connectivity index is 2.50. The van der Waals surface area contributed by atoms with Crippen molar-refractivity contribution in [1.82, 2.24) is 4.72 Å². The molecule has 7 heteroatoms. The average Bonchev–Trinajstić information content (AvgIpc) is 2.46. The van der Waals surface area contributed by atoms with Gasteiger partial charge in [0.1, 0.15) is 0 Å². The first kappa shape index (κ1) is 18.1. The van der Waals surface area contributed by atoms with Crippen LogP contribution in [0.25, 0.3) is 0 Å². The maximum Gasteiger partial charge on any atom is 0.240 e. The highest BCUT2D eigenvalue weighted by Gasteiger charge is 2.16. The minimum absolute atomic E-state index is 0.184. The molecule has 0 radical (unpaired) electrons. The van der Waals surface area contributed by atoms with E-state index in [0.29, 0.717) is 43.9 Å². The van der Waals surface area contributed by atoms with E-state index < -0.39 is 10.0 Å². The summed E-state index contributed by atoms with van der Waals surface area (Å²) in [4.78, 5) is 0.203. The van der Waals surface area contributed by atoms with E-state index in [0.717, 1.165) is 0 Å². The van der Waals surface area contributed by atoms with Crippen LogP contribution in [0.15, 0.2) is 23.1 Å². The van der Waals surface area contributed by atoms with Gasteiger partial charge in [-0.25, -0.2) is 13.1 Å². The lowest BCUT2D eigenvalue weighted by Crippen LogP contribution is -2.26. The fourth-order valence-corrected chi connectivity index (χ4v) is 3.10. The zero-order chi connectivity index (χ0) is 15.7. The quantitative estimate of drug-likeness (QED) is 0.624. The molecule has 0 atom stereocenters. The lowest BCUT2D eigenvalue weighted by atomic mass is 10.2. The Morgan fingerprint density at radius 3 is 2.67 bits per heavy atom. The summed E-state index contributed by atoms with van der Waals surface area (Å²) < 4.78 is 37.0. The van der Waals surface area contributed by atoms with Crippen molar-refractivity contribution in [2.75, 3.05) is 33.5 Å². The molecule has 0 unspecified atom stereocenters. The summed E-state index contributed by atoms with van der Waals surface area (Å²) >= 11 is 0. The highest BCUT2D eigenvalue weighted by Crippen LogP contribution is 2.17. The number of aliphatic hydroxyl groups excluding tert-OH is 1. The Bertz CT molecular complexity index is 530. The average molecular weight is 317 g/mol. The van der Waals surface area contributed by atoms with Crippen molar-refractivity contribution in [2.24, 2.45) is 0 Å². The maximum atomic E-state index is 12.2. The standard InChI is InChI=1S/C14H23NO5S/c1-12-4-5-13(11-16)10-14(12)21(17,18)15-6-3-7-20-9-8-19-2/h4-5,10,15-16H,3,6-9,11H2,1-2H3. The van der Waals surface area contributed by atoms with Gasteiger partial charge in [0.05, 0.1) is 24.7 Å². The van der Waals surface area contributed by atoms with E-state index in [4.69, 9.17) is 14.6 Å². The molecule has 0 saturated heterocycles. The monoisotopic (exact) mass is 317 g/mol. The molecule has 1 rings (SSSR count). The molecule has 21 heavy (non-hydrogen) atoms. The minimum atomic E-state index is -3.56. The van der Waals surface area contributed by atoms with Gasteiger partial charge in [-0.1, -0.05) is 12.1 Å². The lowest BCUT2D eigenvalue weighted by molar-refractivity contribution is 0.0699.